The van der Waals surface area contributed by atoms with Crippen molar-refractivity contribution in [3.63, 3.8) is 0 Å². The van der Waals surface area contributed by atoms with E-state index in [0.717, 1.165) is 0 Å². The zero-order valence-corrected chi connectivity index (χ0v) is 9.76. The molecule has 1 N–H and O–H groups in total. The summed E-state index contributed by atoms with van der Waals surface area (Å²) >= 11 is 0. The third-order valence-electron chi connectivity index (χ3n) is 2.47. The van der Waals surface area contributed by atoms with Crippen molar-refractivity contribution in [1.82, 2.24) is 0 Å². The summed E-state index contributed by atoms with van der Waals surface area (Å²) in [5, 5.41) is 8.82. The van der Waals surface area contributed by atoms with E-state index in [4.69, 9.17) is 5.11 Å². The van der Waals surface area contributed by atoms with E-state index in [2.05, 4.69) is 0 Å². The highest BCUT2D eigenvalue weighted by atomic mass is 19.1. The second kappa shape index (κ2) is 4.80. The molecule has 0 spiro atoms. The highest BCUT2D eigenvalue weighted by Crippen LogP contribution is 2.25. The minimum atomic E-state index is -1.45. The lowest BCUT2D eigenvalue weighted by Gasteiger charge is -2.18. The van der Waals surface area contributed by atoms with E-state index in [1.807, 2.05) is 0 Å². The van der Waals surface area contributed by atoms with Gasteiger partial charge in [0.05, 0.1) is 11.0 Å². The van der Waals surface area contributed by atoms with Crippen LogP contribution in [0.2, 0.25) is 0 Å². The van der Waals surface area contributed by atoms with Crippen molar-refractivity contribution in [3.8, 4) is 0 Å². The van der Waals surface area contributed by atoms with Gasteiger partial charge in [-0.3, -0.25) is 9.59 Å². The maximum Gasteiger partial charge on any atom is 0.309 e. The van der Waals surface area contributed by atoms with E-state index >= 15 is 0 Å². The van der Waals surface area contributed by atoms with Crippen molar-refractivity contribution in [1.29, 1.82) is 0 Å². The number of carbonyl (C=O) groups excluding carboxylic acids is 1. The topological polar surface area (TPSA) is 54.4 Å². The average Bonchev–Trinajstić information content (AvgIpc) is 2.13. The van der Waals surface area contributed by atoms with Crippen LogP contribution >= 0.6 is 0 Å². The van der Waals surface area contributed by atoms with E-state index in [1.54, 1.807) is 0 Å². The molecule has 98 valence electrons. The molecule has 0 fully saturated rings. The van der Waals surface area contributed by atoms with Crippen molar-refractivity contribution in [2.24, 2.45) is 5.41 Å². The summed E-state index contributed by atoms with van der Waals surface area (Å²) in [6.45, 7) is 2.51. The van der Waals surface area contributed by atoms with Gasteiger partial charge < -0.3 is 5.11 Å². The third-order valence-corrected chi connectivity index (χ3v) is 2.47. The van der Waals surface area contributed by atoms with Crippen molar-refractivity contribution in [3.05, 3.63) is 35.1 Å². The Labute approximate surface area is 101 Å². The van der Waals surface area contributed by atoms with E-state index < -0.39 is 46.6 Å². The lowest BCUT2D eigenvalue weighted by atomic mass is 9.85. The maximum absolute atomic E-state index is 13.3. The van der Waals surface area contributed by atoms with E-state index in [-0.39, 0.29) is 0 Å². The number of benzene rings is 1. The van der Waals surface area contributed by atoms with Gasteiger partial charge in [-0.2, -0.15) is 0 Å². The molecule has 0 heterocycles. The molecule has 0 unspecified atom stereocenters. The number of Topliss-reactive ketones (excluding diaryl/α,β-unsaturated/α-hetero) is 1. The fourth-order valence-corrected chi connectivity index (χ4v) is 1.37. The normalized spacial score (nSPS) is 11.4. The van der Waals surface area contributed by atoms with Crippen molar-refractivity contribution in [2.75, 3.05) is 0 Å². The first-order valence-electron chi connectivity index (χ1n) is 5.06. The largest absolute Gasteiger partial charge is 0.481 e. The van der Waals surface area contributed by atoms with Gasteiger partial charge in [0.15, 0.2) is 5.78 Å². The van der Waals surface area contributed by atoms with Gasteiger partial charge >= 0.3 is 5.97 Å². The van der Waals surface area contributed by atoms with E-state index in [9.17, 15) is 22.8 Å². The predicted octanol–water partition coefficient (Wildman–Crippen LogP) is 2.79. The average molecular weight is 260 g/mol. The Morgan fingerprint density at radius 1 is 1.17 bits per heavy atom. The lowest BCUT2D eigenvalue weighted by molar-refractivity contribution is -0.146. The van der Waals surface area contributed by atoms with Crippen LogP contribution < -0.4 is 0 Å². The molecule has 0 atom stereocenters. The van der Waals surface area contributed by atoms with E-state index in [0.29, 0.717) is 12.1 Å². The van der Waals surface area contributed by atoms with E-state index in [1.165, 1.54) is 13.8 Å². The molecule has 0 saturated carbocycles. The van der Waals surface area contributed by atoms with Crippen LogP contribution in [0.1, 0.15) is 30.6 Å². The monoisotopic (exact) mass is 260 g/mol. The number of rotatable bonds is 4. The van der Waals surface area contributed by atoms with Gasteiger partial charge in [0.2, 0.25) is 0 Å². The van der Waals surface area contributed by atoms with Gasteiger partial charge in [-0.25, -0.2) is 13.2 Å². The summed E-state index contributed by atoms with van der Waals surface area (Å²) in [5.41, 5.74) is -2.37. The molecule has 3 nitrogen and oxygen atoms in total. The predicted molar refractivity (Wildman–Crippen MR) is 56.7 cm³/mol. The summed E-state index contributed by atoms with van der Waals surface area (Å²) in [6.07, 6.45) is -0.582. The van der Waals surface area contributed by atoms with Gasteiger partial charge in [-0.15, -0.1) is 0 Å². The maximum atomic E-state index is 13.3. The molecule has 1 aromatic carbocycles. The number of ketones is 1. The van der Waals surface area contributed by atoms with Crippen LogP contribution in [-0.2, 0) is 4.79 Å². The second-order valence-electron chi connectivity index (χ2n) is 4.53. The Morgan fingerprint density at radius 3 is 2.00 bits per heavy atom. The van der Waals surface area contributed by atoms with Crippen molar-refractivity contribution < 1.29 is 27.9 Å². The minimum Gasteiger partial charge on any atom is -0.481 e. The molecule has 0 amide bonds. The fraction of sp³-hybridized carbons (Fsp3) is 0.333. The Hall–Kier alpha value is -1.85. The molecule has 0 saturated heterocycles. The standard InChI is InChI=1S/C12H11F3O3/c1-12(2,11(17)18)5-9(16)10-7(14)3-6(13)4-8(10)15/h3-4H,5H2,1-2H3,(H,17,18). The molecule has 0 aromatic heterocycles. The molecule has 18 heavy (non-hydrogen) atoms. The highest BCUT2D eigenvalue weighted by molar-refractivity contribution is 5.99. The lowest BCUT2D eigenvalue weighted by Crippen LogP contribution is -2.27. The number of hydrogen-bond acceptors (Lipinski definition) is 2. The molecule has 1 aromatic rings. The van der Waals surface area contributed by atoms with Gasteiger partial charge in [0.25, 0.3) is 0 Å². The Balaban J connectivity index is 3.10. The van der Waals surface area contributed by atoms with Crippen LogP contribution in [0.4, 0.5) is 13.2 Å². The summed E-state index contributed by atoms with van der Waals surface area (Å²) in [5.74, 6) is -6.09. The number of halogens is 3. The van der Waals surface area contributed by atoms with Crippen LogP contribution in [0.25, 0.3) is 0 Å². The molecule has 1 rings (SSSR count). The van der Waals surface area contributed by atoms with Crippen LogP contribution in [0.3, 0.4) is 0 Å². The highest BCUT2D eigenvalue weighted by Gasteiger charge is 2.32. The van der Waals surface area contributed by atoms with Crippen LogP contribution in [-0.4, -0.2) is 16.9 Å². The first-order valence-corrected chi connectivity index (χ1v) is 5.06. The molecule has 0 aliphatic heterocycles. The summed E-state index contributed by atoms with van der Waals surface area (Å²) < 4.78 is 39.2. The number of carbonyl (C=O) groups is 2. The van der Waals surface area contributed by atoms with Crippen LogP contribution in [0.15, 0.2) is 12.1 Å². The van der Waals surface area contributed by atoms with Crippen LogP contribution in [0.5, 0.6) is 0 Å². The smallest absolute Gasteiger partial charge is 0.309 e. The van der Waals surface area contributed by atoms with Crippen molar-refractivity contribution in [2.45, 2.75) is 20.3 Å². The SMILES string of the molecule is CC(C)(CC(=O)c1c(F)cc(F)cc1F)C(=O)O. The van der Waals surface area contributed by atoms with Gasteiger partial charge in [-0.05, 0) is 13.8 Å². The molecule has 0 radical (unpaired) electrons. The first-order chi connectivity index (χ1) is 8.15. The number of carboxylic acid groups (broad SMARTS) is 1. The molecule has 6 heteroatoms. The molecular weight excluding hydrogens is 249 g/mol. The summed E-state index contributed by atoms with van der Waals surface area (Å²) in [4.78, 5) is 22.5. The number of hydrogen-bond donors (Lipinski definition) is 1. The zero-order valence-electron chi connectivity index (χ0n) is 9.76. The summed E-state index contributed by atoms with van der Waals surface area (Å²) in [7, 11) is 0. The molecule has 0 aliphatic carbocycles. The number of aliphatic carboxylic acids is 1. The van der Waals surface area contributed by atoms with Crippen LogP contribution in [0, 0.1) is 22.9 Å². The molecule has 0 aliphatic rings. The second-order valence-corrected chi connectivity index (χ2v) is 4.53. The Morgan fingerprint density at radius 2 is 1.61 bits per heavy atom. The van der Waals surface area contributed by atoms with Gasteiger partial charge in [0.1, 0.15) is 17.5 Å². The zero-order chi connectivity index (χ0) is 14.1. The Kier molecular flexibility index (Phi) is 3.79. The third kappa shape index (κ3) is 2.88. The first kappa shape index (κ1) is 14.2. The van der Waals surface area contributed by atoms with Crippen molar-refractivity contribution >= 4 is 11.8 Å². The fourth-order valence-electron chi connectivity index (χ4n) is 1.37. The molecular formula is C12H11F3O3. The minimum absolute atomic E-state index is 0.379. The van der Waals surface area contributed by atoms with Gasteiger partial charge in [0, 0.05) is 18.6 Å². The molecule has 0 bridgehead atoms. The summed E-state index contributed by atoms with van der Waals surface area (Å²) in [6, 6.07) is 0.758. The number of carboxylic acids is 1. The van der Waals surface area contributed by atoms with Gasteiger partial charge in [-0.1, -0.05) is 0 Å². The quantitative estimate of drug-likeness (QED) is 0.847. The Bertz CT molecular complexity index is 486.